The molecule has 0 aliphatic carbocycles. The number of phenolic OH excluding ortho intramolecular Hbond substituents is 1. The number of morpholine rings is 1. The highest BCUT2D eigenvalue weighted by Crippen LogP contribution is 2.43. The molecule has 2 N–H and O–H groups in total. The minimum Gasteiger partial charge on any atom is -0.507 e. The van der Waals surface area contributed by atoms with Gasteiger partial charge >= 0.3 is 0 Å². The van der Waals surface area contributed by atoms with Gasteiger partial charge in [-0.25, -0.2) is 0 Å². The van der Waals surface area contributed by atoms with Gasteiger partial charge in [-0.3, -0.25) is 14.5 Å². The molecule has 2 aromatic rings. The van der Waals surface area contributed by atoms with Crippen LogP contribution in [0.3, 0.4) is 0 Å². The molecule has 0 spiro atoms. The van der Waals surface area contributed by atoms with Crippen LogP contribution in [0, 0.1) is 0 Å². The number of halogens is 1. The molecule has 4 rings (SSSR count). The molecule has 2 heterocycles. The summed E-state index contributed by atoms with van der Waals surface area (Å²) in [5, 5.41) is 21.9. The Morgan fingerprint density at radius 3 is 2.56 bits per heavy atom. The van der Waals surface area contributed by atoms with Crippen LogP contribution in [0.15, 0.2) is 42.0 Å². The van der Waals surface area contributed by atoms with E-state index in [4.69, 9.17) is 25.8 Å². The zero-order valence-electron chi connectivity index (χ0n) is 20.2. The summed E-state index contributed by atoms with van der Waals surface area (Å²) in [6.45, 7) is 5.72. The second kappa shape index (κ2) is 11.2. The molecule has 0 radical (unpaired) electrons. The van der Waals surface area contributed by atoms with Crippen LogP contribution in [0.5, 0.6) is 17.2 Å². The van der Waals surface area contributed by atoms with Gasteiger partial charge in [-0.1, -0.05) is 17.7 Å². The number of carbonyl (C=O) groups excluding carboxylic acids is 2. The van der Waals surface area contributed by atoms with E-state index < -0.39 is 23.5 Å². The number of Topliss-reactive ketones (excluding diaryl/α,β-unsaturated/α-hetero) is 1. The van der Waals surface area contributed by atoms with Gasteiger partial charge in [0.1, 0.15) is 11.5 Å². The summed E-state index contributed by atoms with van der Waals surface area (Å²) in [6, 6.07) is 8.35. The van der Waals surface area contributed by atoms with E-state index >= 15 is 0 Å². The fourth-order valence-electron chi connectivity index (χ4n) is 4.50. The van der Waals surface area contributed by atoms with Gasteiger partial charge in [0.15, 0.2) is 11.5 Å². The molecule has 1 unspecified atom stereocenters. The first-order valence-electron chi connectivity index (χ1n) is 11.7. The summed E-state index contributed by atoms with van der Waals surface area (Å²) in [6.07, 6.45) is 0. The Hall–Kier alpha value is -3.27. The molecule has 2 aromatic carbocycles. The molecular weight excluding hydrogens is 488 g/mol. The molecule has 192 valence electrons. The van der Waals surface area contributed by atoms with Gasteiger partial charge in [0, 0.05) is 31.2 Å². The normalized spacial score (nSPS) is 20.1. The van der Waals surface area contributed by atoms with Gasteiger partial charge in [0.2, 0.25) is 0 Å². The number of aliphatic hydroxyl groups is 1. The summed E-state index contributed by atoms with van der Waals surface area (Å²) in [4.78, 5) is 30.1. The van der Waals surface area contributed by atoms with Gasteiger partial charge in [0.05, 0.1) is 44.1 Å². The molecule has 36 heavy (non-hydrogen) atoms. The van der Waals surface area contributed by atoms with Crippen molar-refractivity contribution in [2.24, 2.45) is 0 Å². The van der Waals surface area contributed by atoms with Crippen molar-refractivity contribution in [2.75, 3.05) is 53.1 Å². The van der Waals surface area contributed by atoms with Gasteiger partial charge in [-0.2, -0.15) is 0 Å². The number of benzene rings is 2. The molecule has 0 aromatic heterocycles. The number of amides is 1. The maximum Gasteiger partial charge on any atom is 0.295 e. The van der Waals surface area contributed by atoms with Crippen molar-refractivity contribution in [2.45, 2.75) is 13.0 Å². The summed E-state index contributed by atoms with van der Waals surface area (Å²) >= 11 is 6.08. The van der Waals surface area contributed by atoms with Crippen LogP contribution in [-0.4, -0.2) is 84.8 Å². The minimum absolute atomic E-state index is 0.0309. The molecule has 2 aliphatic heterocycles. The smallest absolute Gasteiger partial charge is 0.295 e. The maximum atomic E-state index is 13.3. The van der Waals surface area contributed by atoms with E-state index in [-0.39, 0.29) is 28.5 Å². The number of aliphatic hydroxyl groups excluding tert-OH is 1. The predicted octanol–water partition coefficient (Wildman–Crippen LogP) is 3.21. The number of nitrogens with zero attached hydrogens (tertiary/aromatic N) is 2. The monoisotopic (exact) mass is 516 g/mol. The SMILES string of the molecule is CCOc1ccc(C2/C(=C(\O)c3cc(Cl)ccc3O)C(=O)C(=O)N2CCN2CCOCC2)cc1OC. The third-order valence-corrected chi connectivity index (χ3v) is 6.55. The van der Waals surface area contributed by atoms with E-state index in [2.05, 4.69) is 4.90 Å². The van der Waals surface area contributed by atoms with Crippen LogP contribution in [0.4, 0.5) is 0 Å². The van der Waals surface area contributed by atoms with E-state index in [0.717, 1.165) is 13.1 Å². The van der Waals surface area contributed by atoms with Crippen LogP contribution in [0.25, 0.3) is 5.76 Å². The lowest BCUT2D eigenvalue weighted by Gasteiger charge is -2.31. The summed E-state index contributed by atoms with van der Waals surface area (Å²) in [5.41, 5.74) is 0.391. The average Bonchev–Trinajstić information content (AvgIpc) is 3.14. The van der Waals surface area contributed by atoms with E-state index in [0.29, 0.717) is 43.4 Å². The lowest BCUT2D eigenvalue weighted by molar-refractivity contribution is -0.140. The van der Waals surface area contributed by atoms with Crippen molar-refractivity contribution in [3.8, 4) is 17.2 Å². The van der Waals surface area contributed by atoms with Crippen LogP contribution < -0.4 is 9.47 Å². The summed E-state index contributed by atoms with van der Waals surface area (Å²) in [7, 11) is 1.50. The number of rotatable bonds is 8. The predicted molar refractivity (Wildman–Crippen MR) is 134 cm³/mol. The van der Waals surface area contributed by atoms with Crippen molar-refractivity contribution < 1.29 is 34.0 Å². The third kappa shape index (κ3) is 5.13. The lowest BCUT2D eigenvalue weighted by atomic mass is 9.94. The minimum atomic E-state index is -0.908. The molecule has 0 saturated carbocycles. The molecule has 2 saturated heterocycles. The molecule has 10 heteroatoms. The molecule has 1 atom stereocenters. The van der Waals surface area contributed by atoms with Crippen molar-refractivity contribution in [1.82, 2.24) is 9.80 Å². The van der Waals surface area contributed by atoms with Gasteiger partial charge in [0.25, 0.3) is 11.7 Å². The number of hydrogen-bond donors (Lipinski definition) is 2. The van der Waals surface area contributed by atoms with Crippen molar-refractivity contribution in [3.05, 3.63) is 58.1 Å². The van der Waals surface area contributed by atoms with Crippen molar-refractivity contribution >= 4 is 29.1 Å². The number of likely N-dealkylation sites (tertiary alicyclic amines) is 1. The first kappa shape index (κ1) is 25.8. The number of ether oxygens (including phenoxy) is 3. The van der Waals surface area contributed by atoms with E-state index in [1.54, 1.807) is 18.2 Å². The number of carbonyl (C=O) groups is 2. The Labute approximate surface area is 214 Å². The Morgan fingerprint density at radius 1 is 1.11 bits per heavy atom. The van der Waals surface area contributed by atoms with E-state index in [1.807, 2.05) is 6.92 Å². The Kier molecular flexibility index (Phi) is 8.03. The van der Waals surface area contributed by atoms with Crippen LogP contribution in [0.1, 0.15) is 24.1 Å². The Balaban J connectivity index is 1.81. The van der Waals surface area contributed by atoms with Crippen molar-refractivity contribution in [1.29, 1.82) is 0 Å². The van der Waals surface area contributed by atoms with Crippen molar-refractivity contribution in [3.63, 3.8) is 0 Å². The quantitative estimate of drug-likeness (QED) is 0.313. The van der Waals surface area contributed by atoms with Gasteiger partial charge < -0.3 is 29.3 Å². The standard InChI is InChI=1S/C26H29ClN2O7/c1-3-36-20-7-4-16(14-21(20)34-2)23-22(24(31)18-15-17(27)5-6-19(18)30)25(32)26(33)29(23)9-8-28-10-12-35-13-11-28/h4-7,14-15,23,30-31H,3,8-13H2,1-2H3/b24-22+. The molecule has 1 amide bonds. The summed E-state index contributed by atoms with van der Waals surface area (Å²) in [5.74, 6) is -1.39. The molecule has 0 bridgehead atoms. The highest BCUT2D eigenvalue weighted by molar-refractivity contribution is 6.46. The number of ketones is 1. The topological polar surface area (TPSA) is 109 Å². The van der Waals surface area contributed by atoms with Crippen LogP contribution >= 0.6 is 11.6 Å². The zero-order chi connectivity index (χ0) is 25.8. The fourth-order valence-corrected chi connectivity index (χ4v) is 4.68. The summed E-state index contributed by atoms with van der Waals surface area (Å²) < 4.78 is 16.5. The van der Waals surface area contributed by atoms with E-state index in [1.165, 1.54) is 30.2 Å². The number of hydrogen-bond acceptors (Lipinski definition) is 8. The van der Waals surface area contributed by atoms with Crippen LogP contribution in [0.2, 0.25) is 5.02 Å². The number of phenols is 1. The largest absolute Gasteiger partial charge is 0.507 e. The van der Waals surface area contributed by atoms with Gasteiger partial charge in [-0.15, -0.1) is 0 Å². The first-order valence-corrected chi connectivity index (χ1v) is 12.1. The molecule has 2 aliphatic rings. The average molecular weight is 517 g/mol. The first-order chi connectivity index (χ1) is 17.3. The fraction of sp³-hybridized carbons (Fsp3) is 0.385. The molecular formula is C26H29ClN2O7. The zero-order valence-corrected chi connectivity index (χ0v) is 21.0. The third-order valence-electron chi connectivity index (χ3n) is 6.32. The van der Waals surface area contributed by atoms with Crippen LogP contribution in [-0.2, 0) is 14.3 Å². The van der Waals surface area contributed by atoms with Gasteiger partial charge in [-0.05, 0) is 42.8 Å². The number of aromatic hydroxyl groups is 1. The van der Waals surface area contributed by atoms with E-state index in [9.17, 15) is 19.8 Å². The highest BCUT2D eigenvalue weighted by Gasteiger charge is 2.46. The number of methoxy groups -OCH3 is 1. The maximum absolute atomic E-state index is 13.3. The molecule has 9 nitrogen and oxygen atoms in total. The Bertz CT molecular complexity index is 1180. The second-order valence-electron chi connectivity index (χ2n) is 8.45. The lowest BCUT2D eigenvalue weighted by Crippen LogP contribution is -2.42. The highest BCUT2D eigenvalue weighted by atomic mass is 35.5. The molecule has 2 fully saturated rings. The second-order valence-corrected chi connectivity index (χ2v) is 8.89. The Morgan fingerprint density at radius 2 is 1.86 bits per heavy atom.